The number of nitrogens with one attached hydrogen (secondary N) is 2. The van der Waals surface area contributed by atoms with Crippen LogP contribution >= 0.6 is 11.3 Å². The second-order valence-corrected chi connectivity index (χ2v) is 6.94. The number of hydrogen-bond acceptors (Lipinski definition) is 4. The summed E-state index contributed by atoms with van der Waals surface area (Å²) < 4.78 is 1.87. The summed E-state index contributed by atoms with van der Waals surface area (Å²) in [7, 11) is 0. The standard InChI is InChI=1S/C20H16N4O2S/c1-13-5-2-9-18-23-16(12-24(13)18)19(25)21-14-6-3-7-15(11-14)22-20(26)17-8-4-10-27-17/h2-12H,1H3,(H,21,25)(H,22,26). The summed E-state index contributed by atoms with van der Waals surface area (Å²) in [6, 6.07) is 16.3. The average Bonchev–Trinajstić information content (AvgIpc) is 3.32. The van der Waals surface area contributed by atoms with E-state index in [-0.39, 0.29) is 11.8 Å². The Kier molecular flexibility index (Phi) is 4.43. The van der Waals surface area contributed by atoms with Crippen molar-refractivity contribution in [2.24, 2.45) is 0 Å². The van der Waals surface area contributed by atoms with Crippen molar-refractivity contribution in [1.29, 1.82) is 0 Å². The van der Waals surface area contributed by atoms with E-state index in [1.54, 1.807) is 36.5 Å². The predicted octanol–water partition coefficient (Wildman–Crippen LogP) is 4.21. The molecule has 0 fully saturated rings. The summed E-state index contributed by atoms with van der Waals surface area (Å²) in [5, 5.41) is 7.50. The van der Waals surface area contributed by atoms with Crippen molar-refractivity contribution in [2.75, 3.05) is 10.6 Å². The molecule has 1 aromatic carbocycles. The number of carbonyl (C=O) groups is 2. The number of anilines is 2. The van der Waals surface area contributed by atoms with Gasteiger partial charge >= 0.3 is 0 Å². The number of thiophene rings is 1. The van der Waals surface area contributed by atoms with Gasteiger partial charge < -0.3 is 15.0 Å². The Hall–Kier alpha value is -3.45. The molecule has 27 heavy (non-hydrogen) atoms. The van der Waals surface area contributed by atoms with Crippen molar-refractivity contribution in [3.63, 3.8) is 0 Å². The van der Waals surface area contributed by atoms with Gasteiger partial charge in [0.1, 0.15) is 11.3 Å². The zero-order valence-corrected chi connectivity index (χ0v) is 15.3. The molecule has 6 nitrogen and oxygen atoms in total. The second-order valence-electron chi connectivity index (χ2n) is 5.99. The van der Waals surface area contributed by atoms with Crippen molar-refractivity contribution in [3.05, 3.63) is 82.4 Å². The van der Waals surface area contributed by atoms with E-state index in [1.165, 1.54) is 11.3 Å². The smallest absolute Gasteiger partial charge is 0.275 e. The van der Waals surface area contributed by atoms with Gasteiger partial charge in [-0.05, 0) is 48.7 Å². The number of imidazole rings is 1. The molecule has 134 valence electrons. The number of aryl methyl sites for hydroxylation is 1. The quantitative estimate of drug-likeness (QED) is 0.560. The Morgan fingerprint density at radius 1 is 0.963 bits per heavy atom. The van der Waals surface area contributed by atoms with Crippen LogP contribution in [0.15, 0.2) is 66.2 Å². The van der Waals surface area contributed by atoms with Crippen molar-refractivity contribution < 1.29 is 9.59 Å². The normalized spacial score (nSPS) is 10.7. The topological polar surface area (TPSA) is 75.5 Å². The lowest BCUT2D eigenvalue weighted by Gasteiger charge is -2.07. The lowest BCUT2D eigenvalue weighted by atomic mass is 10.2. The van der Waals surface area contributed by atoms with Crippen molar-refractivity contribution >= 4 is 40.2 Å². The van der Waals surface area contributed by atoms with Gasteiger partial charge in [-0.3, -0.25) is 9.59 Å². The molecule has 4 rings (SSSR count). The number of pyridine rings is 1. The maximum Gasteiger partial charge on any atom is 0.275 e. The van der Waals surface area contributed by atoms with E-state index in [0.717, 1.165) is 11.3 Å². The number of carbonyl (C=O) groups excluding carboxylic acids is 2. The van der Waals surface area contributed by atoms with Crippen molar-refractivity contribution in [2.45, 2.75) is 6.92 Å². The summed E-state index contributed by atoms with van der Waals surface area (Å²) in [6.45, 7) is 1.95. The van der Waals surface area contributed by atoms with Gasteiger partial charge in [0.25, 0.3) is 11.8 Å². The van der Waals surface area contributed by atoms with E-state index in [1.807, 2.05) is 41.0 Å². The molecular formula is C20H16N4O2S. The van der Waals surface area contributed by atoms with E-state index in [2.05, 4.69) is 15.6 Å². The van der Waals surface area contributed by atoms with Gasteiger partial charge in [-0.25, -0.2) is 4.98 Å². The molecule has 0 unspecified atom stereocenters. The lowest BCUT2D eigenvalue weighted by Crippen LogP contribution is -2.13. The van der Waals surface area contributed by atoms with Gasteiger partial charge in [0.15, 0.2) is 0 Å². The number of amides is 2. The first-order valence-corrected chi connectivity index (χ1v) is 9.19. The van der Waals surface area contributed by atoms with Crippen LogP contribution in [-0.2, 0) is 0 Å². The molecular weight excluding hydrogens is 360 g/mol. The number of fused-ring (bicyclic) bond motifs is 1. The largest absolute Gasteiger partial charge is 0.321 e. The monoisotopic (exact) mass is 376 g/mol. The molecule has 4 aromatic rings. The first kappa shape index (κ1) is 17.0. The molecule has 0 atom stereocenters. The van der Waals surface area contributed by atoms with E-state index in [0.29, 0.717) is 21.9 Å². The van der Waals surface area contributed by atoms with Crippen LogP contribution in [-0.4, -0.2) is 21.2 Å². The van der Waals surface area contributed by atoms with Gasteiger partial charge in [0, 0.05) is 23.3 Å². The summed E-state index contributed by atoms with van der Waals surface area (Å²) in [4.78, 5) is 29.7. The van der Waals surface area contributed by atoms with Crippen LogP contribution < -0.4 is 10.6 Å². The van der Waals surface area contributed by atoms with Crippen LogP contribution in [0, 0.1) is 6.92 Å². The fourth-order valence-electron chi connectivity index (χ4n) is 2.73. The van der Waals surface area contributed by atoms with Crippen molar-refractivity contribution in [1.82, 2.24) is 9.38 Å². The van der Waals surface area contributed by atoms with E-state index in [4.69, 9.17) is 0 Å². The first-order valence-electron chi connectivity index (χ1n) is 8.31. The summed E-state index contributed by atoms with van der Waals surface area (Å²) >= 11 is 1.37. The Labute approximate surface area is 159 Å². The molecule has 0 saturated heterocycles. The Balaban J connectivity index is 1.51. The molecule has 7 heteroatoms. The molecule has 3 heterocycles. The zero-order valence-electron chi connectivity index (χ0n) is 14.5. The minimum Gasteiger partial charge on any atom is -0.321 e. The second kappa shape index (κ2) is 7.05. The average molecular weight is 376 g/mol. The maximum absolute atomic E-state index is 12.5. The molecule has 0 aliphatic heterocycles. The molecule has 0 spiro atoms. The van der Waals surface area contributed by atoms with Gasteiger partial charge in [-0.1, -0.05) is 18.2 Å². The van der Waals surface area contributed by atoms with Gasteiger partial charge in [0.2, 0.25) is 0 Å². The van der Waals surface area contributed by atoms with Crippen LogP contribution in [0.5, 0.6) is 0 Å². The third kappa shape index (κ3) is 3.58. The van der Waals surface area contributed by atoms with E-state index >= 15 is 0 Å². The highest BCUT2D eigenvalue weighted by atomic mass is 32.1. The zero-order chi connectivity index (χ0) is 18.8. The number of aromatic nitrogens is 2. The summed E-state index contributed by atoms with van der Waals surface area (Å²) in [5.74, 6) is -0.482. The van der Waals surface area contributed by atoms with Gasteiger partial charge in [0.05, 0.1) is 4.88 Å². The Bertz CT molecular complexity index is 1130. The number of benzene rings is 1. The van der Waals surface area contributed by atoms with Crippen LogP contribution in [0.25, 0.3) is 5.65 Å². The van der Waals surface area contributed by atoms with Crippen LogP contribution in [0.2, 0.25) is 0 Å². The maximum atomic E-state index is 12.5. The SMILES string of the molecule is Cc1cccc2nc(C(=O)Nc3cccc(NC(=O)c4cccs4)c3)cn12. The fourth-order valence-corrected chi connectivity index (χ4v) is 3.35. The summed E-state index contributed by atoms with van der Waals surface area (Å²) in [5.41, 5.74) is 3.24. The number of rotatable bonds is 4. The molecule has 2 amide bonds. The Morgan fingerprint density at radius 3 is 2.41 bits per heavy atom. The molecule has 0 saturated carbocycles. The summed E-state index contributed by atoms with van der Waals surface area (Å²) in [6.07, 6.45) is 1.71. The molecule has 2 N–H and O–H groups in total. The molecule has 0 radical (unpaired) electrons. The van der Waals surface area contributed by atoms with E-state index < -0.39 is 0 Å². The molecule has 3 aromatic heterocycles. The first-order chi connectivity index (χ1) is 13.1. The minimum absolute atomic E-state index is 0.177. The Morgan fingerprint density at radius 2 is 1.70 bits per heavy atom. The van der Waals surface area contributed by atoms with Crippen LogP contribution in [0.1, 0.15) is 25.9 Å². The van der Waals surface area contributed by atoms with E-state index in [9.17, 15) is 9.59 Å². The van der Waals surface area contributed by atoms with Crippen LogP contribution in [0.4, 0.5) is 11.4 Å². The molecule has 0 aliphatic carbocycles. The van der Waals surface area contributed by atoms with Crippen molar-refractivity contribution in [3.8, 4) is 0 Å². The minimum atomic E-state index is -0.306. The molecule has 0 aliphatic rings. The number of hydrogen-bond donors (Lipinski definition) is 2. The molecule has 0 bridgehead atoms. The fraction of sp³-hybridized carbons (Fsp3) is 0.0500. The van der Waals surface area contributed by atoms with Gasteiger partial charge in [-0.15, -0.1) is 11.3 Å². The highest BCUT2D eigenvalue weighted by Crippen LogP contribution is 2.18. The lowest BCUT2D eigenvalue weighted by molar-refractivity contribution is 0.101. The number of nitrogens with zero attached hydrogens (tertiary/aromatic N) is 2. The third-order valence-electron chi connectivity index (χ3n) is 4.05. The van der Waals surface area contributed by atoms with Gasteiger partial charge in [-0.2, -0.15) is 0 Å². The predicted molar refractivity (Wildman–Crippen MR) is 107 cm³/mol. The highest BCUT2D eigenvalue weighted by Gasteiger charge is 2.13. The highest BCUT2D eigenvalue weighted by molar-refractivity contribution is 7.12. The van der Waals surface area contributed by atoms with Crippen LogP contribution in [0.3, 0.4) is 0 Å². The third-order valence-corrected chi connectivity index (χ3v) is 4.92.